The molecule has 1 aromatic rings. The molecule has 0 atom stereocenters. The van der Waals surface area contributed by atoms with Gasteiger partial charge in [0.25, 0.3) is 0 Å². The number of hydrogen-bond acceptors (Lipinski definition) is 2. The Kier molecular flexibility index (Phi) is 9.93. The molecule has 0 bridgehead atoms. The Morgan fingerprint density at radius 3 is 1.85 bits per heavy atom. The molecule has 1 fully saturated rings. The van der Waals surface area contributed by atoms with Gasteiger partial charge in [0.2, 0.25) is 11.8 Å². The fraction of sp³-hybridized carbons (Fsp3) is 0.412. The number of carbonyl (C=O) groups excluding carboxylic acids is 2. The van der Waals surface area contributed by atoms with Crippen LogP contribution < -0.4 is 5.32 Å². The quantitative estimate of drug-likeness (QED) is 0.663. The SMILES string of the molecule is C=CCc1ccccc1.CC(C)C.O=C1CCC(=O)N1. The summed E-state index contributed by atoms with van der Waals surface area (Å²) in [6.45, 7) is 10.2. The lowest BCUT2D eigenvalue weighted by atomic mass is 10.2. The first-order valence-corrected chi connectivity index (χ1v) is 6.93. The number of rotatable bonds is 2. The second-order valence-electron chi connectivity index (χ2n) is 5.18. The van der Waals surface area contributed by atoms with Gasteiger partial charge in [0.15, 0.2) is 0 Å². The second kappa shape index (κ2) is 11.0. The third-order valence-corrected chi connectivity index (χ3v) is 2.08. The minimum atomic E-state index is -0.148. The highest BCUT2D eigenvalue weighted by atomic mass is 16.2. The lowest BCUT2D eigenvalue weighted by molar-refractivity contribution is -0.124. The summed E-state index contributed by atoms with van der Waals surface area (Å²) in [6.07, 6.45) is 3.63. The Hall–Kier alpha value is -1.90. The van der Waals surface area contributed by atoms with E-state index < -0.39 is 0 Å². The highest BCUT2D eigenvalue weighted by molar-refractivity contribution is 6.01. The molecule has 1 N–H and O–H groups in total. The third kappa shape index (κ3) is 11.2. The van der Waals surface area contributed by atoms with Gasteiger partial charge in [-0.3, -0.25) is 14.9 Å². The van der Waals surface area contributed by atoms with E-state index in [4.69, 9.17) is 0 Å². The van der Waals surface area contributed by atoms with E-state index in [-0.39, 0.29) is 11.8 Å². The van der Waals surface area contributed by atoms with Gasteiger partial charge in [-0.25, -0.2) is 0 Å². The summed E-state index contributed by atoms with van der Waals surface area (Å²) in [7, 11) is 0. The van der Waals surface area contributed by atoms with Crippen molar-refractivity contribution in [3.63, 3.8) is 0 Å². The van der Waals surface area contributed by atoms with Crippen molar-refractivity contribution in [2.24, 2.45) is 5.92 Å². The first-order chi connectivity index (χ1) is 9.45. The van der Waals surface area contributed by atoms with Gasteiger partial charge in [0.1, 0.15) is 0 Å². The van der Waals surface area contributed by atoms with Gasteiger partial charge >= 0.3 is 0 Å². The maximum atomic E-state index is 10.1. The third-order valence-electron chi connectivity index (χ3n) is 2.08. The number of amides is 2. The lowest BCUT2D eigenvalue weighted by Gasteiger charge is -1.91. The lowest BCUT2D eigenvalue weighted by Crippen LogP contribution is -2.18. The Bertz CT molecular complexity index is 394. The molecule has 0 radical (unpaired) electrons. The minimum Gasteiger partial charge on any atom is -0.296 e. The normalized spacial score (nSPS) is 12.8. The Labute approximate surface area is 122 Å². The molecular weight excluding hydrogens is 250 g/mol. The molecule has 1 aliphatic heterocycles. The Morgan fingerprint density at radius 1 is 1.10 bits per heavy atom. The topological polar surface area (TPSA) is 46.2 Å². The van der Waals surface area contributed by atoms with Crippen LogP contribution >= 0.6 is 0 Å². The zero-order valence-corrected chi connectivity index (χ0v) is 12.7. The van der Waals surface area contributed by atoms with Crippen LogP contribution in [0.15, 0.2) is 43.0 Å². The van der Waals surface area contributed by atoms with Gasteiger partial charge in [0.05, 0.1) is 0 Å². The van der Waals surface area contributed by atoms with E-state index in [0.717, 1.165) is 12.3 Å². The van der Waals surface area contributed by atoms with Crippen molar-refractivity contribution in [2.75, 3.05) is 0 Å². The fourth-order valence-electron chi connectivity index (χ4n) is 1.29. The van der Waals surface area contributed by atoms with Gasteiger partial charge in [-0.15, -0.1) is 6.58 Å². The molecule has 3 heteroatoms. The van der Waals surface area contributed by atoms with Gasteiger partial charge in [-0.2, -0.15) is 0 Å². The highest BCUT2D eigenvalue weighted by Gasteiger charge is 2.15. The molecule has 1 saturated heterocycles. The number of carbonyl (C=O) groups is 2. The van der Waals surface area contributed by atoms with Crippen molar-refractivity contribution in [3.05, 3.63) is 48.6 Å². The second-order valence-corrected chi connectivity index (χ2v) is 5.18. The molecule has 1 aromatic carbocycles. The van der Waals surface area contributed by atoms with E-state index >= 15 is 0 Å². The zero-order valence-electron chi connectivity index (χ0n) is 12.7. The molecule has 20 heavy (non-hydrogen) atoms. The average Bonchev–Trinajstić information content (AvgIpc) is 2.75. The molecule has 1 heterocycles. The predicted molar refractivity (Wildman–Crippen MR) is 83.2 cm³/mol. The number of allylic oxidation sites excluding steroid dienone is 1. The summed E-state index contributed by atoms with van der Waals surface area (Å²) in [4.78, 5) is 20.2. The van der Waals surface area contributed by atoms with Crippen LogP contribution in [0.1, 0.15) is 39.2 Å². The van der Waals surface area contributed by atoms with Gasteiger partial charge in [0, 0.05) is 12.8 Å². The van der Waals surface area contributed by atoms with Crippen molar-refractivity contribution in [2.45, 2.75) is 40.0 Å². The van der Waals surface area contributed by atoms with Gasteiger partial charge < -0.3 is 0 Å². The summed E-state index contributed by atoms with van der Waals surface area (Å²) in [5, 5.41) is 2.14. The van der Waals surface area contributed by atoms with Crippen LogP contribution in [0.25, 0.3) is 0 Å². The van der Waals surface area contributed by atoms with Crippen molar-refractivity contribution in [1.82, 2.24) is 5.32 Å². The zero-order chi connectivity index (χ0) is 15.4. The molecule has 0 saturated carbocycles. The van der Waals surface area contributed by atoms with Crippen LogP contribution in [0.2, 0.25) is 0 Å². The summed E-state index contributed by atoms with van der Waals surface area (Å²) in [6, 6.07) is 10.3. The maximum Gasteiger partial charge on any atom is 0.227 e. The summed E-state index contributed by atoms with van der Waals surface area (Å²) >= 11 is 0. The maximum absolute atomic E-state index is 10.1. The first kappa shape index (κ1) is 18.1. The van der Waals surface area contributed by atoms with Gasteiger partial charge in [-0.05, 0) is 17.9 Å². The summed E-state index contributed by atoms with van der Waals surface area (Å²) in [5.74, 6) is 0.537. The van der Waals surface area contributed by atoms with E-state index in [1.807, 2.05) is 24.3 Å². The predicted octanol–water partition coefficient (Wildman–Crippen LogP) is 3.50. The summed E-state index contributed by atoms with van der Waals surface area (Å²) < 4.78 is 0. The van der Waals surface area contributed by atoms with Crippen molar-refractivity contribution >= 4 is 11.8 Å². The molecular formula is C17H25NO2. The van der Waals surface area contributed by atoms with Crippen LogP contribution in [-0.4, -0.2) is 11.8 Å². The largest absolute Gasteiger partial charge is 0.296 e. The molecule has 0 unspecified atom stereocenters. The van der Waals surface area contributed by atoms with Crippen LogP contribution in [0.3, 0.4) is 0 Å². The first-order valence-electron chi connectivity index (χ1n) is 6.93. The minimum absolute atomic E-state index is 0.148. The van der Waals surface area contributed by atoms with Crippen LogP contribution in [0.5, 0.6) is 0 Å². The molecule has 1 aliphatic rings. The molecule has 0 spiro atoms. The smallest absolute Gasteiger partial charge is 0.227 e. The van der Waals surface area contributed by atoms with E-state index in [1.165, 1.54) is 5.56 Å². The molecule has 2 amide bonds. The van der Waals surface area contributed by atoms with E-state index in [1.54, 1.807) is 0 Å². The monoisotopic (exact) mass is 275 g/mol. The highest BCUT2D eigenvalue weighted by Crippen LogP contribution is 1.98. The number of nitrogens with one attached hydrogen (secondary N) is 1. The average molecular weight is 275 g/mol. The molecule has 110 valence electrons. The number of imide groups is 1. The molecule has 0 aliphatic carbocycles. The van der Waals surface area contributed by atoms with Crippen molar-refractivity contribution in [3.8, 4) is 0 Å². The van der Waals surface area contributed by atoms with E-state index in [0.29, 0.717) is 12.8 Å². The van der Waals surface area contributed by atoms with Crippen LogP contribution in [0.4, 0.5) is 0 Å². The van der Waals surface area contributed by atoms with E-state index in [2.05, 4.69) is 44.8 Å². The molecule has 0 aromatic heterocycles. The molecule has 2 rings (SSSR count). The molecule has 3 nitrogen and oxygen atoms in total. The Morgan fingerprint density at radius 2 is 1.55 bits per heavy atom. The van der Waals surface area contributed by atoms with Crippen molar-refractivity contribution in [1.29, 1.82) is 0 Å². The number of hydrogen-bond donors (Lipinski definition) is 1. The Balaban J connectivity index is 0.000000293. The summed E-state index contributed by atoms with van der Waals surface area (Å²) in [5.41, 5.74) is 1.33. The van der Waals surface area contributed by atoms with Crippen molar-refractivity contribution < 1.29 is 9.59 Å². The van der Waals surface area contributed by atoms with E-state index in [9.17, 15) is 9.59 Å². The van der Waals surface area contributed by atoms with Crippen LogP contribution in [-0.2, 0) is 16.0 Å². The standard InChI is InChI=1S/C9H10.C4H5NO2.C4H10/c1-2-6-9-7-4-3-5-8-9;6-3-1-2-4(7)5-3;1-4(2)3/h2-5,7-8H,1,6H2;1-2H2,(H,5,6,7);4H,1-3H3. The fourth-order valence-corrected chi connectivity index (χ4v) is 1.29. The van der Waals surface area contributed by atoms with Gasteiger partial charge in [-0.1, -0.05) is 57.2 Å². The number of benzene rings is 1. The van der Waals surface area contributed by atoms with Crippen LogP contribution in [0, 0.1) is 5.92 Å².